The number of hydrogen-bond donors (Lipinski definition) is 0. The minimum atomic E-state index is -1.40. The molecule has 0 fully saturated rings. The van der Waals surface area contributed by atoms with Gasteiger partial charge in [0, 0.05) is 0 Å². The van der Waals surface area contributed by atoms with E-state index in [1.165, 1.54) is 18.2 Å². The SMILES string of the molecule is O=C([O-])c1cccc(C(=O)[O-])c1.[Cs+].[Cs+]. The fourth-order valence-electron chi connectivity index (χ4n) is 0.773. The first-order chi connectivity index (χ1) is 5.61. The Bertz CT molecular complexity index is 309. The standard InChI is InChI=1S/C8H6O4.2Cs/c9-7(10)5-2-1-3-6(4-5)8(11)12;;/h1-4H,(H,9,10)(H,11,12);;/q;2*+1/p-2. The van der Waals surface area contributed by atoms with Crippen molar-refractivity contribution in [2.75, 3.05) is 0 Å². The second-order valence-corrected chi connectivity index (χ2v) is 2.16. The fourth-order valence-corrected chi connectivity index (χ4v) is 0.773. The van der Waals surface area contributed by atoms with E-state index in [2.05, 4.69) is 0 Å². The summed E-state index contributed by atoms with van der Waals surface area (Å²) in [4.78, 5) is 20.5. The third-order valence-electron chi connectivity index (χ3n) is 1.33. The van der Waals surface area contributed by atoms with Gasteiger partial charge in [-0.3, -0.25) is 0 Å². The summed E-state index contributed by atoms with van der Waals surface area (Å²) in [5.41, 5.74) is -0.339. The van der Waals surface area contributed by atoms with Gasteiger partial charge in [-0.15, -0.1) is 0 Å². The summed E-state index contributed by atoms with van der Waals surface area (Å²) >= 11 is 0. The molecule has 0 aromatic heterocycles. The van der Waals surface area contributed by atoms with Crippen molar-refractivity contribution in [3.8, 4) is 0 Å². The van der Waals surface area contributed by atoms with Gasteiger partial charge in [-0.25, -0.2) is 0 Å². The van der Waals surface area contributed by atoms with Crippen LogP contribution in [-0.4, -0.2) is 11.9 Å². The molecule has 0 aliphatic carbocycles. The Morgan fingerprint density at radius 1 is 0.929 bits per heavy atom. The van der Waals surface area contributed by atoms with E-state index in [0.29, 0.717) is 0 Å². The monoisotopic (exact) mass is 430 g/mol. The summed E-state index contributed by atoms with van der Waals surface area (Å²) in [6.07, 6.45) is 0. The van der Waals surface area contributed by atoms with E-state index < -0.39 is 11.9 Å². The zero-order valence-electron chi connectivity index (χ0n) is 7.94. The van der Waals surface area contributed by atoms with Crippen LogP contribution in [0.15, 0.2) is 24.3 Å². The van der Waals surface area contributed by atoms with E-state index in [-0.39, 0.29) is 149 Å². The molecule has 0 heterocycles. The zero-order valence-corrected chi connectivity index (χ0v) is 20.5. The number of carboxylic acids is 2. The number of hydrogen-bond acceptors (Lipinski definition) is 4. The molecule has 62 valence electrons. The van der Waals surface area contributed by atoms with Gasteiger partial charge in [0.25, 0.3) is 0 Å². The van der Waals surface area contributed by atoms with Gasteiger partial charge in [0.15, 0.2) is 0 Å². The van der Waals surface area contributed by atoms with Crippen LogP contribution in [0.1, 0.15) is 20.7 Å². The number of carbonyl (C=O) groups excluding carboxylic acids is 2. The van der Waals surface area contributed by atoms with Crippen LogP contribution in [0.2, 0.25) is 0 Å². The van der Waals surface area contributed by atoms with Gasteiger partial charge in [0.1, 0.15) is 0 Å². The normalized spacial score (nSPS) is 8.00. The molecule has 0 atom stereocenters. The van der Waals surface area contributed by atoms with E-state index in [1.807, 2.05) is 0 Å². The molecule has 6 heteroatoms. The van der Waals surface area contributed by atoms with Crippen LogP contribution in [-0.2, 0) is 0 Å². The summed E-state index contributed by atoms with van der Waals surface area (Å²) in [6, 6.07) is 4.81. The number of benzene rings is 1. The molecule has 0 radical (unpaired) electrons. The van der Waals surface area contributed by atoms with Crippen molar-refractivity contribution in [2.45, 2.75) is 0 Å². The molecule has 0 amide bonds. The maximum absolute atomic E-state index is 10.3. The summed E-state index contributed by atoms with van der Waals surface area (Å²) in [7, 11) is 0. The van der Waals surface area contributed by atoms with Crippen LogP contribution in [0.3, 0.4) is 0 Å². The number of carbonyl (C=O) groups is 2. The van der Waals surface area contributed by atoms with E-state index in [9.17, 15) is 19.8 Å². The van der Waals surface area contributed by atoms with Crippen molar-refractivity contribution in [1.29, 1.82) is 0 Å². The largest absolute Gasteiger partial charge is 1.00 e. The average molecular weight is 430 g/mol. The van der Waals surface area contributed by atoms with Crippen LogP contribution in [0.4, 0.5) is 0 Å². The molecular weight excluding hydrogens is 426 g/mol. The van der Waals surface area contributed by atoms with Crippen LogP contribution in [0.5, 0.6) is 0 Å². The second-order valence-electron chi connectivity index (χ2n) is 2.16. The third-order valence-corrected chi connectivity index (χ3v) is 1.33. The molecule has 0 spiro atoms. The Morgan fingerprint density at radius 3 is 1.57 bits per heavy atom. The fraction of sp³-hybridized carbons (Fsp3) is 0. The van der Waals surface area contributed by atoms with Gasteiger partial charge in [-0.1, -0.05) is 18.2 Å². The molecular formula is C8H4Cs2O4. The topological polar surface area (TPSA) is 80.3 Å². The molecule has 0 aliphatic rings. The average Bonchev–Trinajstić information content (AvgIpc) is 2.04. The molecule has 0 N–H and O–H groups in total. The molecule has 0 saturated carbocycles. The summed E-state index contributed by atoms with van der Waals surface area (Å²) in [5, 5.41) is 20.5. The van der Waals surface area contributed by atoms with Crippen LogP contribution in [0, 0.1) is 0 Å². The van der Waals surface area contributed by atoms with Crippen LogP contribution in [0.25, 0.3) is 0 Å². The van der Waals surface area contributed by atoms with Crippen molar-refractivity contribution in [3.63, 3.8) is 0 Å². The predicted molar refractivity (Wildman–Crippen MR) is 35.1 cm³/mol. The first-order valence-corrected chi connectivity index (χ1v) is 3.14. The van der Waals surface area contributed by atoms with Gasteiger partial charge >= 0.3 is 138 Å². The minimum Gasteiger partial charge on any atom is -0.545 e. The molecule has 0 bridgehead atoms. The Balaban J connectivity index is 0. The van der Waals surface area contributed by atoms with Crippen LogP contribution >= 0.6 is 0 Å². The Kier molecular flexibility index (Phi) is 12.4. The van der Waals surface area contributed by atoms with E-state index in [1.54, 1.807) is 0 Å². The van der Waals surface area contributed by atoms with E-state index in [4.69, 9.17) is 0 Å². The zero-order chi connectivity index (χ0) is 9.14. The maximum Gasteiger partial charge on any atom is 1.00 e. The Hall–Kier alpha value is 2.26. The van der Waals surface area contributed by atoms with Gasteiger partial charge in [0.05, 0.1) is 11.9 Å². The predicted octanol–water partition coefficient (Wildman–Crippen LogP) is -7.58. The van der Waals surface area contributed by atoms with Crippen molar-refractivity contribution in [3.05, 3.63) is 35.4 Å². The molecule has 0 saturated heterocycles. The van der Waals surface area contributed by atoms with Gasteiger partial charge in [-0.2, -0.15) is 0 Å². The summed E-state index contributed by atoms with van der Waals surface area (Å²) in [5.74, 6) is -2.81. The summed E-state index contributed by atoms with van der Waals surface area (Å²) in [6.45, 7) is 0. The quantitative estimate of drug-likeness (QED) is 0.468. The van der Waals surface area contributed by atoms with E-state index in [0.717, 1.165) is 6.07 Å². The van der Waals surface area contributed by atoms with Gasteiger partial charge in [0.2, 0.25) is 0 Å². The molecule has 1 aromatic carbocycles. The number of aromatic carboxylic acids is 2. The van der Waals surface area contributed by atoms with Gasteiger partial charge in [-0.05, 0) is 17.2 Å². The first kappa shape index (κ1) is 18.6. The van der Waals surface area contributed by atoms with Crippen molar-refractivity contribution < 1.29 is 158 Å². The van der Waals surface area contributed by atoms with E-state index >= 15 is 0 Å². The van der Waals surface area contributed by atoms with Crippen LogP contribution < -0.4 is 148 Å². The van der Waals surface area contributed by atoms with Crippen molar-refractivity contribution in [2.24, 2.45) is 0 Å². The molecule has 1 rings (SSSR count). The molecule has 14 heavy (non-hydrogen) atoms. The molecule has 4 nitrogen and oxygen atoms in total. The molecule has 1 aromatic rings. The smallest absolute Gasteiger partial charge is 0.545 e. The Labute approximate surface area is 199 Å². The van der Waals surface area contributed by atoms with Crippen molar-refractivity contribution >= 4 is 11.9 Å². The third kappa shape index (κ3) is 6.11. The minimum absolute atomic E-state index is 0. The number of rotatable bonds is 2. The maximum atomic E-state index is 10.3. The number of carboxylic acid groups (broad SMARTS) is 2. The molecule has 0 aliphatic heterocycles. The van der Waals surface area contributed by atoms with Crippen molar-refractivity contribution in [1.82, 2.24) is 0 Å². The Morgan fingerprint density at radius 2 is 1.29 bits per heavy atom. The molecule has 0 unspecified atom stereocenters. The second kappa shape index (κ2) is 9.31. The van der Waals surface area contributed by atoms with Gasteiger partial charge < -0.3 is 19.8 Å². The summed E-state index contributed by atoms with van der Waals surface area (Å²) < 4.78 is 0. The first-order valence-electron chi connectivity index (χ1n) is 3.14.